The summed E-state index contributed by atoms with van der Waals surface area (Å²) in [6.07, 6.45) is 1.12. The van der Waals surface area contributed by atoms with Crippen molar-refractivity contribution < 1.29 is 5.11 Å². The molecule has 1 aliphatic heterocycles. The van der Waals surface area contributed by atoms with Crippen molar-refractivity contribution in [1.29, 1.82) is 0 Å². The van der Waals surface area contributed by atoms with Gasteiger partial charge < -0.3 is 10.0 Å². The number of hydrogen-bond acceptors (Lipinski definition) is 2. The molecule has 2 nitrogen and oxygen atoms in total. The molecule has 0 saturated carbocycles. The van der Waals surface area contributed by atoms with E-state index < -0.39 is 0 Å². The van der Waals surface area contributed by atoms with Gasteiger partial charge in [0, 0.05) is 31.3 Å². The number of nitrogens with zero attached hydrogens (tertiary/aromatic N) is 1. The van der Waals surface area contributed by atoms with E-state index in [-0.39, 0.29) is 0 Å². The van der Waals surface area contributed by atoms with Crippen LogP contribution in [-0.4, -0.2) is 24.8 Å². The third-order valence-electron chi connectivity index (χ3n) is 2.67. The first-order chi connectivity index (χ1) is 6.40. The van der Waals surface area contributed by atoms with Crippen molar-refractivity contribution in [1.82, 2.24) is 0 Å². The van der Waals surface area contributed by atoms with E-state index in [9.17, 15) is 0 Å². The molecule has 0 radical (unpaired) electrons. The Morgan fingerprint density at radius 2 is 2.08 bits per heavy atom. The van der Waals surface area contributed by atoms with Crippen molar-refractivity contribution in [2.24, 2.45) is 5.92 Å². The Labute approximate surface area is 78.8 Å². The zero-order chi connectivity index (χ0) is 9.10. The zero-order valence-electron chi connectivity index (χ0n) is 7.69. The van der Waals surface area contributed by atoms with Crippen LogP contribution in [0.4, 0.5) is 5.69 Å². The van der Waals surface area contributed by atoms with Crippen LogP contribution < -0.4 is 4.90 Å². The molecule has 1 aromatic rings. The topological polar surface area (TPSA) is 23.5 Å². The van der Waals surface area contributed by atoms with E-state index in [2.05, 4.69) is 29.2 Å². The Bertz CT molecular complexity index is 260. The Balaban J connectivity index is 2.04. The van der Waals surface area contributed by atoms with Gasteiger partial charge in [-0.15, -0.1) is 0 Å². The van der Waals surface area contributed by atoms with Crippen LogP contribution in [0.1, 0.15) is 6.42 Å². The van der Waals surface area contributed by atoms with E-state index in [1.165, 1.54) is 5.69 Å². The third kappa shape index (κ3) is 1.83. The summed E-state index contributed by atoms with van der Waals surface area (Å²) >= 11 is 0. The Morgan fingerprint density at radius 1 is 1.31 bits per heavy atom. The molecule has 1 heterocycles. The molecule has 1 saturated heterocycles. The highest BCUT2D eigenvalue weighted by Crippen LogP contribution is 2.22. The first kappa shape index (κ1) is 8.57. The number of hydrogen-bond donors (Lipinski definition) is 1. The Hall–Kier alpha value is -1.02. The summed E-state index contributed by atoms with van der Waals surface area (Å²) in [6, 6.07) is 10.4. The fourth-order valence-electron chi connectivity index (χ4n) is 1.86. The summed E-state index contributed by atoms with van der Waals surface area (Å²) in [5.41, 5.74) is 1.28. The Kier molecular flexibility index (Phi) is 2.50. The average molecular weight is 177 g/mol. The number of aliphatic hydroxyl groups excluding tert-OH is 1. The molecule has 1 aliphatic rings. The van der Waals surface area contributed by atoms with Gasteiger partial charge >= 0.3 is 0 Å². The van der Waals surface area contributed by atoms with Crippen LogP contribution in [0.15, 0.2) is 30.3 Å². The lowest BCUT2D eigenvalue weighted by molar-refractivity contribution is 0.238. The van der Waals surface area contributed by atoms with E-state index in [0.717, 1.165) is 19.5 Å². The molecule has 0 aliphatic carbocycles. The molecule has 1 atom stereocenters. The lowest BCUT2D eigenvalue weighted by Crippen LogP contribution is -2.20. The van der Waals surface area contributed by atoms with Gasteiger partial charge in [-0.25, -0.2) is 0 Å². The van der Waals surface area contributed by atoms with E-state index in [1.54, 1.807) is 0 Å². The van der Waals surface area contributed by atoms with Gasteiger partial charge in [-0.05, 0) is 18.6 Å². The van der Waals surface area contributed by atoms with Gasteiger partial charge in [0.25, 0.3) is 0 Å². The molecule has 2 rings (SSSR count). The number of para-hydroxylation sites is 1. The quantitative estimate of drug-likeness (QED) is 0.740. The molecule has 0 aromatic heterocycles. The first-order valence-corrected chi connectivity index (χ1v) is 4.81. The summed E-state index contributed by atoms with van der Waals surface area (Å²) in [7, 11) is 0. The van der Waals surface area contributed by atoms with Gasteiger partial charge in [0.1, 0.15) is 0 Å². The summed E-state index contributed by atoms with van der Waals surface area (Å²) in [5.74, 6) is 0.472. The van der Waals surface area contributed by atoms with Crippen molar-refractivity contribution in [2.45, 2.75) is 6.42 Å². The van der Waals surface area contributed by atoms with Crippen LogP contribution in [0.5, 0.6) is 0 Å². The molecule has 2 heteroatoms. The predicted molar refractivity (Wildman–Crippen MR) is 53.8 cm³/mol. The smallest absolute Gasteiger partial charge is 0.0476 e. The highest BCUT2D eigenvalue weighted by atomic mass is 16.3. The second-order valence-corrected chi connectivity index (χ2v) is 3.62. The van der Waals surface area contributed by atoms with Crippen LogP contribution in [0.3, 0.4) is 0 Å². The lowest BCUT2D eigenvalue weighted by atomic mass is 10.1. The monoisotopic (exact) mass is 177 g/mol. The first-order valence-electron chi connectivity index (χ1n) is 4.81. The zero-order valence-corrected chi connectivity index (χ0v) is 7.69. The maximum Gasteiger partial charge on any atom is 0.0476 e. The molecular weight excluding hydrogens is 162 g/mol. The van der Waals surface area contributed by atoms with Gasteiger partial charge in [-0.1, -0.05) is 18.2 Å². The number of anilines is 1. The van der Waals surface area contributed by atoms with Gasteiger partial charge in [-0.2, -0.15) is 0 Å². The number of rotatable bonds is 2. The van der Waals surface area contributed by atoms with Crippen LogP contribution in [-0.2, 0) is 0 Å². The molecular formula is C11H15NO. The molecule has 0 amide bonds. The van der Waals surface area contributed by atoms with Crippen LogP contribution in [0.2, 0.25) is 0 Å². The number of benzene rings is 1. The highest BCUT2D eigenvalue weighted by molar-refractivity contribution is 5.46. The highest BCUT2D eigenvalue weighted by Gasteiger charge is 2.21. The molecule has 0 bridgehead atoms. The fourth-order valence-corrected chi connectivity index (χ4v) is 1.86. The van der Waals surface area contributed by atoms with Crippen molar-refractivity contribution in [3.05, 3.63) is 30.3 Å². The molecule has 70 valence electrons. The van der Waals surface area contributed by atoms with Crippen LogP contribution in [0, 0.1) is 5.92 Å². The van der Waals surface area contributed by atoms with Crippen LogP contribution in [0.25, 0.3) is 0 Å². The minimum atomic E-state index is 0.323. The summed E-state index contributed by atoms with van der Waals surface area (Å²) in [4.78, 5) is 2.33. The summed E-state index contributed by atoms with van der Waals surface area (Å²) in [6.45, 7) is 2.40. The Morgan fingerprint density at radius 3 is 2.69 bits per heavy atom. The maximum atomic E-state index is 9.00. The van der Waals surface area contributed by atoms with E-state index in [0.29, 0.717) is 12.5 Å². The molecule has 1 aromatic carbocycles. The molecule has 1 N–H and O–H groups in total. The lowest BCUT2D eigenvalue weighted by Gasteiger charge is -2.17. The minimum absolute atomic E-state index is 0.323. The molecule has 1 fully saturated rings. The minimum Gasteiger partial charge on any atom is -0.396 e. The largest absolute Gasteiger partial charge is 0.396 e. The van der Waals surface area contributed by atoms with Gasteiger partial charge in [-0.3, -0.25) is 0 Å². The van der Waals surface area contributed by atoms with Crippen LogP contribution >= 0.6 is 0 Å². The second-order valence-electron chi connectivity index (χ2n) is 3.62. The molecule has 0 unspecified atom stereocenters. The molecule has 0 spiro atoms. The van der Waals surface area contributed by atoms with E-state index in [1.807, 2.05) is 6.07 Å². The van der Waals surface area contributed by atoms with Crippen molar-refractivity contribution in [3.63, 3.8) is 0 Å². The second kappa shape index (κ2) is 3.79. The summed E-state index contributed by atoms with van der Waals surface area (Å²) < 4.78 is 0. The normalized spacial score (nSPS) is 22.2. The average Bonchev–Trinajstić information content (AvgIpc) is 2.67. The maximum absolute atomic E-state index is 9.00. The SMILES string of the molecule is OC[C@H]1CCN(c2ccccc2)C1. The third-order valence-corrected chi connectivity index (χ3v) is 2.67. The van der Waals surface area contributed by atoms with Crippen molar-refractivity contribution in [3.8, 4) is 0 Å². The standard InChI is InChI=1S/C11H15NO/c13-9-10-6-7-12(8-10)11-4-2-1-3-5-11/h1-5,10,13H,6-9H2/t10-/m0/s1. The predicted octanol–water partition coefficient (Wildman–Crippen LogP) is 1.51. The number of aliphatic hydroxyl groups is 1. The van der Waals surface area contributed by atoms with Gasteiger partial charge in [0.2, 0.25) is 0 Å². The van der Waals surface area contributed by atoms with Crippen molar-refractivity contribution >= 4 is 5.69 Å². The summed E-state index contributed by atoms with van der Waals surface area (Å²) in [5, 5.41) is 9.00. The van der Waals surface area contributed by atoms with E-state index >= 15 is 0 Å². The van der Waals surface area contributed by atoms with Gasteiger partial charge in [0.15, 0.2) is 0 Å². The van der Waals surface area contributed by atoms with E-state index in [4.69, 9.17) is 5.11 Å². The molecule has 13 heavy (non-hydrogen) atoms. The fraction of sp³-hybridized carbons (Fsp3) is 0.455. The van der Waals surface area contributed by atoms with Crippen molar-refractivity contribution in [2.75, 3.05) is 24.6 Å². The van der Waals surface area contributed by atoms with Gasteiger partial charge in [0.05, 0.1) is 0 Å².